The summed E-state index contributed by atoms with van der Waals surface area (Å²) in [5.41, 5.74) is 2.12. The molecule has 0 aliphatic heterocycles. The van der Waals surface area contributed by atoms with Gasteiger partial charge in [-0.05, 0) is 55.3 Å². The zero-order chi connectivity index (χ0) is 13.8. The molecule has 3 heteroatoms. The Morgan fingerprint density at radius 3 is 2.68 bits per heavy atom. The topological polar surface area (TPSA) is 12.0 Å². The second kappa shape index (κ2) is 6.31. The molecule has 2 aromatic rings. The van der Waals surface area contributed by atoms with Gasteiger partial charge in [0.1, 0.15) is 5.82 Å². The number of benzene rings is 1. The van der Waals surface area contributed by atoms with Gasteiger partial charge in [-0.3, -0.25) is 0 Å². The third kappa shape index (κ3) is 3.23. The lowest BCUT2D eigenvalue weighted by Crippen LogP contribution is -2.18. The van der Waals surface area contributed by atoms with Crippen LogP contribution in [0, 0.1) is 12.7 Å². The van der Waals surface area contributed by atoms with Crippen LogP contribution in [0.2, 0.25) is 0 Å². The first-order valence-corrected chi connectivity index (χ1v) is 7.57. The molecule has 0 amide bonds. The van der Waals surface area contributed by atoms with Gasteiger partial charge in [-0.1, -0.05) is 19.9 Å². The monoisotopic (exact) mass is 277 g/mol. The first-order chi connectivity index (χ1) is 9.15. The molecule has 1 unspecified atom stereocenters. The molecule has 102 valence electrons. The molecule has 1 aromatic carbocycles. The minimum atomic E-state index is -0.172. The average molecular weight is 277 g/mol. The zero-order valence-corrected chi connectivity index (χ0v) is 12.5. The molecule has 0 aliphatic rings. The quantitative estimate of drug-likeness (QED) is 0.817. The first kappa shape index (κ1) is 14.2. The first-order valence-electron chi connectivity index (χ1n) is 6.75. The third-order valence-electron chi connectivity index (χ3n) is 3.29. The van der Waals surface area contributed by atoms with E-state index in [2.05, 4.69) is 31.3 Å². The summed E-state index contributed by atoms with van der Waals surface area (Å²) in [4.78, 5) is 2.46. The summed E-state index contributed by atoms with van der Waals surface area (Å²) in [6.45, 7) is 7.29. The van der Waals surface area contributed by atoms with Crippen molar-refractivity contribution in [2.75, 3.05) is 6.54 Å². The van der Waals surface area contributed by atoms with Crippen molar-refractivity contribution < 1.29 is 4.39 Å². The van der Waals surface area contributed by atoms with Gasteiger partial charge in [0.2, 0.25) is 0 Å². The number of aryl methyl sites for hydroxylation is 1. The highest BCUT2D eigenvalue weighted by Gasteiger charge is 2.12. The number of hydrogen-bond donors (Lipinski definition) is 1. The third-order valence-corrected chi connectivity index (χ3v) is 4.53. The Kier molecular flexibility index (Phi) is 4.72. The fourth-order valence-electron chi connectivity index (χ4n) is 2.24. The van der Waals surface area contributed by atoms with Crippen LogP contribution in [0.15, 0.2) is 30.3 Å². The van der Waals surface area contributed by atoms with Gasteiger partial charge < -0.3 is 5.32 Å². The Morgan fingerprint density at radius 2 is 2.00 bits per heavy atom. The number of rotatable bonds is 5. The van der Waals surface area contributed by atoms with E-state index in [4.69, 9.17) is 0 Å². The maximum atomic E-state index is 13.4. The van der Waals surface area contributed by atoms with Crippen LogP contribution in [0.5, 0.6) is 0 Å². The minimum absolute atomic E-state index is 0.172. The molecular formula is C16H20FNS. The van der Waals surface area contributed by atoms with E-state index in [0.29, 0.717) is 6.04 Å². The molecule has 0 aliphatic carbocycles. The van der Waals surface area contributed by atoms with Gasteiger partial charge in [0.05, 0.1) is 0 Å². The lowest BCUT2D eigenvalue weighted by Gasteiger charge is -2.13. The SMILES string of the molecule is CCNC(CC)c1ccc(-c2cc(F)ccc2C)s1. The molecule has 0 radical (unpaired) electrons. The van der Waals surface area contributed by atoms with Gasteiger partial charge >= 0.3 is 0 Å². The fraction of sp³-hybridized carbons (Fsp3) is 0.375. The molecule has 0 spiro atoms. The normalized spacial score (nSPS) is 12.6. The summed E-state index contributed by atoms with van der Waals surface area (Å²) in [6.07, 6.45) is 1.07. The van der Waals surface area contributed by atoms with Crippen LogP contribution in [0.3, 0.4) is 0 Å². The Hall–Kier alpha value is -1.19. The van der Waals surface area contributed by atoms with Crippen LogP contribution in [-0.2, 0) is 0 Å². The number of nitrogens with one attached hydrogen (secondary N) is 1. The summed E-state index contributed by atoms with van der Waals surface area (Å²) in [5.74, 6) is -0.172. The Bertz CT molecular complexity index is 547. The van der Waals surface area contributed by atoms with Crippen LogP contribution in [-0.4, -0.2) is 6.54 Å². The summed E-state index contributed by atoms with van der Waals surface area (Å²) >= 11 is 1.75. The van der Waals surface area contributed by atoms with Gasteiger partial charge in [-0.25, -0.2) is 4.39 Å². The largest absolute Gasteiger partial charge is 0.310 e. The molecular weight excluding hydrogens is 257 g/mol. The van der Waals surface area contributed by atoms with E-state index >= 15 is 0 Å². The Morgan fingerprint density at radius 1 is 1.21 bits per heavy atom. The van der Waals surface area contributed by atoms with Crippen molar-refractivity contribution in [3.8, 4) is 10.4 Å². The van der Waals surface area contributed by atoms with Crippen molar-refractivity contribution in [2.24, 2.45) is 0 Å². The van der Waals surface area contributed by atoms with Crippen molar-refractivity contribution >= 4 is 11.3 Å². The molecule has 1 nitrogen and oxygen atoms in total. The Labute approximate surface area is 118 Å². The summed E-state index contributed by atoms with van der Waals surface area (Å²) in [6, 6.07) is 9.63. The zero-order valence-electron chi connectivity index (χ0n) is 11.7. The highest BCUT2D eigenvalue weighted by atomic mass is 32.1. The average Bonchev–Trinajstić information content (AvgIpc) is 2.88. The van der Waals surface area contributed by atoms with E-state index in [9.17, 15) is 4.39 Å². The number of thiophene rings is 1. The maximum absolute atomic E-state index is 13.4. The second-order valence-electron chi connectivity index (χ2n) is 4.68. The lowest BCUT2D eigenvalue weighted by molar-refractivity contribution is 0.545. The van der Waals surface area contributed by atoms with Crippen LogP contribution >= 0.6 is 11.3 Å². The molecule has 1 N–H and O–H groups in total. The van der Waals surface area contributed by atoms with E-state index in [1.54, 1.807) is 17.4 Å². The van der Waals surface area contributed by atoms with E-state index in [0.717, 1.165) is 29.0 Å². The van der Waals surface area contributed by atoms with Crippen molar-refractivity contribution in [2.45, 2.75) is 33.2 Å². The van der Waals surface area contributed by atoms with Crippen molar-refractivity contribution in [1.29, 1.82) is 0 Å². The molecule has 0 bridgehead atoms. The predicted octanol–water partition coefficient (Wildman–Crippen LogP) is 4.92. The standard InChI is InChI=1S/C16H20FNS/c1-4-14(18-5-2)16-9-8-15(19-16)13-10-12(17)7-6-11(13)3/h6-10,14,18H,4-5H2,1-3H3. The van der Waals surface area contributed by atoms with Gasteiger partial charge in [-0.15, -0.1) is 11.3 Å². The van der Waals surface area contributed by atoms with Gasteiger partial charge in [-0.2, -0.15) is 0 Å². The Balaban J connectivity index is 2.32. The smallest absolute Gasteiger partial charge is 0.123 e. The molecule has 0 saturated carbocycles. The molecule has 0 saturated heterocycles. The highest BCUT2D eigenvalue weighted by Crippen LogP contribution is 2.34. The molecule has 19 heavy (non-hydrogen) atoms. The second-order valence-corrected chi connectivity index (χ2v) is 5.80. The maximum Gasteiger partial charge on any atom is 0.123 e. The van der Waals surface area contributed by atoms with E-state index in [-0.39, 0.29) is 5.82 Å². The molecule has 1 aromatic heterocycles. The van der Waals surface area contributed by atoms with Crippen molar-refractivity contribution in [3.05, 3.63) is 46.6 Å². The van der Waals surface area contributed by atoms with Crippen LogP contribution in [0.1, 0.15) is 36.8 Å². The fourth-order valence-corrected chi connectivity index (χ4v) is 3.49. The van der Waals surface area contributed by atoms with Crippen LogP contribution in [0.25, 0.3) is 10.4 Å². The molecule has 0 fully saturated rings. The molecule has 2 rings (SSSR count). The van der Waals surface area contributed by atoms with Crippen LogP contribution in [0.4, 0.5) is 4.39 Å². The van der Waals surface area contributed by atoms with E-state index < -0.39 is 0 Å². The number of hydrogen-bond acceptors (Lipinski definition) is 2. The van der Waals surface area contributed by atoms with Crippen molar-refractivity contribution in [3.63, 3.8) is 0 Å². The number of halogens is 1. The van der Waals surface area contributed by atoms with Crippen molar-refractivity contribution in [1.82, 2.24) is 5.32 Å². The van der Waals surface area contributed by atoms with Crippen LogP contribution < -0.4 is 5.32 Å². The summed E-state index contributed by atoms with van der Waals surface area (Å²) in [7, 11) is 0. The molecule has 1 heterocycles. The summed E-state index contributed by atoms with van der Waals surface area (Å²) < 4.78 is 13.4. The minimum Gasteiger partial charge on any atom is -0.310 e. The molecule has 1 atom stereocenters. The predicted molar refractivity (Wildman–Crippen MR) is 81.2 cm³/mol. The van der Waals surface area contributed by atoms with Gasteiger partial charge in [0, 0.05) is 15.8 Å². The highest BCUT2D eigenvalue weighted by molar-refractivity contribution is 7.15. The lowest BCUT2D eigenvalue weighted by atomic mass is 10.1. The van der Waals surface area contributed by atoms with Gasteiger partial charge in [0.15, 0.2) is 0 Å². The van der Waals surface area contributed by atoms with E-state index in [1.165, 1.54) is 10.9 Å². The van der Waals surface area contributed by atoms with Gasteiger partial charge in [0.25, 0.3) is 0 Å². The summed E-state index contributed by atoms with van der Waals surface area (Å²) in [5, 5.41) is 3.48. The van der Waals surface area contributed by atoms with E-state index in [1.807, 2.05) is 13.0 Å².